The molecule has 0 spiro atoms. The van der Waals surface area contributed by atoms with Crippen LogP contribution in [0.2, 0.25) is 0 Å². The van der Waals surface area contributed by atoms with E-state index in [0.29, 0.717) is 53.5 Å². The fraction of sp³-hybridized carbons (Fsp3) is 0.238. The van der Waals surface area contributed by atoms with Gasteiger partial charge in [0.25, 0.3) is 17.7 Å². The molecule has 30 heteroatoms. The van der Waals surface area contributed by atoms with Crippen LogP contribution in [0.15, 0.2) is 174 Å². The number of hydrogen-bond acceptors (Lipinski definition) is 15. The number of hydrogen-bond donors (Lipinski definition) is 3. The molecule has 0 unspecified atom stereocenters. The first-order valence-corrected chi connectivity index (χ1v) is 30.2. The number of carbonyl (C=O) groups excluding carboxylic acids is 3. The van der Waals surface area contributed by atoms with Gasteiger partial charge in [0.15, 0.2) is 0 Å². The van der Waals surface area contributed by atoms with Crippen LogP contribution in [-0.2, 0) is 117 Å². The minimum Gasteiger partial charge on any atom is -0.403 e. The smallest absolute Gasteiger partial charge is 0.403 e. The van der Waals surface area contributed by atoms with Gasteiger partial charge < -0.3 is 34.0 Å². The first-order valence-electron chi connectivity index (χ1n) is 27.7. The van der Waals surface area contributed by atoms with Gasteiger partial charge in [-0.1, -0.05) is 130 Å². The van der Waals surface area contributed by atoms with Crippen LogP contribution in [0.3, 0.4) is 0 Å². The summed E-state index contributed by atoms with van der Waals surface area (Å²) in [6.45, 7) is 23.2. The third-order valence-corrected chi connectivity index (χ3v) is 13.3. The van der Waals surface area contributed by atoms with E-state index in [1.165, 1.54) is 60.7 Å². The van der Waals surface area contributed by atoms with Crippen molar-refractivity contribution in [2.45, 2.75) is 111 Å². The van der Waals surface area contributed by atoms with E-state index in [0.717, 1.165) is 18.4 Å². The van der Waals surface area contributed by atoms with Gasteiger partial charge in [-0.3, -0.25) is 30.3 Å². The number of alkyl halides is 9. The molecule has 0 bridgehead atoms. The van der Waals surface area contributed by atoms with Crippen molar-refractivity contribution >= 4 is 71.1 Å². The third kappa shape index (κ3) is 30.2. The van der Waals surface area contributed by atoms with E-state index in [-0.39, 0.29) is 201 Å². The largest absolute Gasteiger partial charge is 0.446 e. The number of amides is 3. The number of anilines is 3. The van der Waals surface area contributed by atoms with Crippen molar-refractivity contribution in [3.63, 3.8) is 0 Å². The Morgan fingerprint density at radius 2 is 0.785 bits per heavy atom. The second-order valence-electron chi connectivity index (χ2n) is 17.1. The molecular formula is C63H63F9N9O6S3Y3-3. The predicted molar refractivity (Wildman–Crippen MR) is 333 cm³/mol. The van der Waals surface area contributed by atoms with Gasteiger partial charge in [0.1, 0.15) is 0 Å². The molecular weight excluding hydrogens is 1510 g/mol. The molecule has 6 aromatic carbocycles. The number of rotatable bonds is 18. The molecule has 0 aliphatic rings. The van der Waals surface area contributed by atoms with Gasteiger partial charge in [-0.2, -0.15) is 58.8 Å². The number of benzene rings is 6. The molecule has 0 saturated heterocycles. The minimum absolute atomic E-state index is 0. The first kappa shape index (κ1) is 85.9. The molecule has 0 fully saturated rings. The molecule has 3 N–H and O–H groups in total. The zero-order chi connectivity index (χ0) is 66.4. The normalized spacial score (nSPS) is 10.5. The van der Waals surface area contributed by atoms with E-state index in [2.05, 4.69) is 67.3 Å². The van der Waals surface area contributed by atoms with Crippen LogP contribution >= 0.6 is 35.3 Å². The topological polar surface area (TPSA) is 204 Å². The van der Waals surface area contributed by atoms with Crippen molar-refractivity contribution in [2.75, 3.05) is 16.0 Å². The summed E-state index contributed by atoms with van der Waals surface area (Å²) in [4.78, 5) is 37.2. The summed E-state index contributed by atoms with van der Waals surface area (Å²) >= 11 is -0.681. The maximum Gasteiger partial charge on any atom is 0.446 e. The fourth-order valence-electron chi connectivity index (χ4n) is 7.38. The van der Waals surface area contributed by atoms with Crippen LogP contribution in [0.5, 0.6) is 0 Å². The molecule has 0 saturated carbocycles. The summed E-state index contributed by atoms with van der Waals surface area (Å²) in [6.07, 6.45) is 3.17. The number of nitrogens with one attached hydrogen (secondary N) is 3. The van der Waals surface area contributed by atoms with Gasteiger partial charge in [0.05, 0.1) is 0 Å². The molecule has 0 aliphatic carbocycles. The molecule has 0 aliphatic heterocycles. The molecule has 0 atom stereocenters. The van der Waals surface area contributed by atoms with Gasteiger partial charge in [0.2, 0.25) is 17.7 Å². The SMILES string of the molecule is CC.CC.CC.[CH2-]CCc1cc(C(=O)Nc2nnc(-c3ccccc3)o2)ccc1SC(F)(F)F.[CH2-]CCc1cc(SC(F)(F)F)ccc1C(=O)Nc1nnc(-c2ccccc2)o1.[CH2-]CCc1ccc(-c2nnc(NC(=O)c3ccc(SC(F)(F)F)cc3)o2)cc1.[Y].[Y].[Y]. The monoisotopic (exact) mass is 1580 g/mol. The average molecular weight is 1580 g/mol. The number of nitrogens with zero attached hydrogens (tertiary/aromatic N) is 6. The number of aryl methyl sites for hydroxylation is 3. The fourth-order valence-corrected chi connectivity index (χ4v) is 9.20. The number of aromatic nitrogens is 6. The van der Waals surface area contributed by atoms with Gasteiger partial charge >= 0.3 is 34.6 Å². The van der Waals surface area contributed by atoms with Gasteiger partial charge in [-0.15, -0.1) is 15.3 Å². The van der Waals surface area contributed by atoms with Crippen LogP contribution in [0, 0.1) is 20.8 Å². The van der Waals surface area contributed by atoms with Crippen LogP contribution in [0.4, 0.5) is 57.6 Å². The molecule has 489 valence electrons. The second-order valence-corrected chi connectivity index (χ2v) is 20.5. The summed E-state index contributed by atoms with van der Waals surface area (Å²) in [5.41, 5.74) is -8.50. The first-order chi connectivity index (χ1) is 43.0. The molecule has 15 nitrogen and oxygen atoms in total. The van der Waals surface area contributed by atoms with Crippen molar-refractivity contribution in [1.82, 2.24) is 30.6 Å². The van der Waals surface area contributed by atoms with Crippen LogP contribution < -0.4 is 16.0 Å². The Bertz CT molecular complexity index is 3630. The molecule has 93 heavy (non-hydrogen) atoms. The molecule has 3 radical (unpaired) electrons. The Kier molecular flexibility index (Phi) is 40.5. The van der Waals surface area contributed by atoms with E-state index < -0.39 is 34.2 Å². The summed E-state index contributed by atoms with van der Waals surface area (Å²) < 4.78 is 129. The van der Waals surface area contributed by atoms with Crippen molar-refractivity contribution in [2.24, 2.45) is 0 Å². The van der Waals surface area contributed by atoms with E-state index >= 15 is 0 Å². The average Bonchev–Trinajstić information content (AvgIpc) is 1.82. The summed E-state index contributed by atoms with van der Waals surface area (Å²) in [7, 11) is 0. The zero-order valence-corrected chi connectivity index (χ0v) is 62.2. The molecule has 3 aromatic heterocycles. The van der Waals surface area contributed by atoms with Crippen LogP contribution in [0.1, 0.15) is 109 Å². The number of thioether (sulfide) groups is 3. The Morgan fingerprint density at radius 3 is 1.22 bits per heavy atom. The Hall–Kier alpha value is -5.12. The van der Waals surface area contributed by atoms with E-state index in [1.54, 1.807) is 24.3 Å². The van der Waals surface area contributed by atoms with E-state index in [1.807, 2.05) is 102 Å². The molecule has 9 rings (SSSR count). The summed E-state index contributed by atoms with van der Waals surface area (Å²) in [6, 6.07) is 38.3. The quantitative estimate of drug-likeness (QED) is 0.0415. The van der Waals surface area contributed by atoms with Crippen molar-refractivity contribution in [1.29, 1.82) is 0 Å². The second kappa shape index (κ2) is 43.9. The number of carbonyl (C=O) groups is 3. The standard InChI is InChI=1S/3C19H15F3N3O2S.3C2H6.3Y/c1-2-6-13-11-14(28-19(20,21)22)9-10-15(13)16(26)23-18-25-24-17(27-18)12-7-4-3-5-8-12;1-2-6-13-11-14(9-10-15(13)28-19(20,21)22)16(26)23-18-25-24-17(27-18)12-7-4-3-5-8-12;1-2-3-12-4-6-14(7-5-12)17-24-25-18(27-17)23-16(26)13-8-10-15(11-9-13)28-19(20,21)22;3*1-2;;;/h2*3-5,7-11H,1-2,6H2,(H,23,25,26);4-11H,1-3H2,(H,23,25,26);3*1-2H3;;;/q3*-1;;;;;;. The third-order valence-electron chi connectivity index (χ3n) is 11.0. The summed E-state index contributed by atoms with van der Waals surface area (Å²) in [5.74, 6) is -0.943. The van der Waals surface area contributed by atoms with Gasteiger partial charge in [-0.05, 0) is 143 Å². The van der Waals surface area contributed by atoms with E-state index in [9.17, 15) is 53.9 Å². The van der Waals surface area contributed by atoms with Crippen LogP contribution in [0.25, 0.3) is 34.4 Å². The van der Waals surface area contributed by atoms with Gasteiger partial charge in [-0.25, -0.2) is 0 Å². The molecule has 3 amide bonds. The molecule has 3 heterocycles. The maximum atomic E-state index is 12.7. The van der Waals surface area contributed by atoms with Crippen molar-refractivity contribution in [3.05, 3.63) is 200 Å². The van der Waals surface area contributed by atoms with Gasteiger partial charge in [0, 0.05) is 146 Å². The Morgan fingerprint density at radius 1 is 0.409 bits per heavy atom. The van der Waals surface area contributed by atoms with Crippen molar-refractivity contribution < 1.29 is 165 Å². The predicted octanol–water partition coefficient (Wildman–Crippen LogP) is 19.2. The Labute approximate surface area is 621 Å². The maximum absolute atomic E-state index is 12.7. The molecule has 9 aromatic rings. The Balaban J connectivity index is 0.000000659. The van der Waals surface area contributed by atoms with Crippen LogP contribution in [-0.4, -0.2) is 64.8 Å². The minimum atomic E-state index is -4.41. The summed E-state index contributed by atoms with van der Waals surface area (Å²) in [5, 5.41) is 30.3. The number of halogens is 9. The van der Waals surface area contributed by atoms with E-state index in [4.69, 9.17) is 13.3 Å². The zero-order valence-electron chi connectivity index (χ0n) is 51.2. The van der Waals surface area contributed by atoms with Crippen molar-refractivity contribution in [3.8, 4) is 34.4 Å².